The number of aliphatic imine (C=N–C) groups is 2. The van der Waals surface area contributed by atoms with Crippen LogP contribution in [0, 0.1) is 68.3 Å². The van der Waals surface area contributed by atoms with Crippen molar-refractivity contribution in [2.45, 2.75) is 350 Å². The molecule has 0 unspecified atom stereocenters. The largest absolute Gasteiger partial charge is 1.00 e. The molecule has 8 rings (SSSR count). The Morgan fingerprint density at radius 1 is 0.230 bits per heavy atom. The van der Waals surface area contributed by atoms with Gasteiger partial charge in [0.1, 0.15) is 0 Å². The maximum atomic E-state index is 8.35. The van der Waals surface area contributed by atoms with E-state index in [1.807, 2.05) is 291 Å². The van der Waals surface area contributed by atoms with E-state index in [4.69, 9.17) is 49.4 Å². The molecule has 0 saturated carbocycles. The Hall–Kier alpha value is 3.65. The molecule has 0 aliphatic heterocycles. The summed E-state index contributed by atoms with van der Waals surface area (Å²) in [7, 11) is 0. The monoisotopic (exact) mass is 1900 g/mol. The van der Waals surface area contributed by atoms with E-state index in [2.05, 4.69) is 114 Å². The molecular weight excluding hydrogens is 1710 g/mol. The fraction of sp³-hybridized carbons (Fsp3) is 0.510. The fourth-order valence-electron chi connectivity index (χ4n) is 3.08. The number of hydrogen-bond donors (Lipinski definition) is 0. The van der Waals surface area contributed by atoms with E-state index >= 15 is 0 Å². The molecule has 8 aromatic rings. The molecule has 24 heteroatoms. The maximum absolute atomic E-state index is 8.35. The van der Waals surface area contributed by atoms with Crippen molar-refractivity contribution >= 4 is 61.7 Å². The minimum absolute atomic E-state index is 0. The van der Waals surface area contributed by atoms with Gasteiger partial charge in [0.05, 0.1) is 0 Å². The molecule has 0 amide bonds. The number of aromatic nitrogens is 11. The summed E-state index contributed by atoms with van der Waals surface area (Å²) < 4.78 is 0. The quantitative estimate of drug-likeness (QED) is 0.0789. The van der Waals surface area contributed by atoms with Gasteiger partial charge in [-0.1, -0.05) is 394 Å². The zero-order chi connectivity index (χ0) is 88.6. The number of pyridine rings is 5. The molecular formula is C98H190K8N16-8. The second-order valence-corrected chi connectivity index (χ2v) is 10.2. The van der Waals surface area contributed by atoms with Gasteiger partial charge in [0.2, 0.25) is 0 Å². The van der Waals surface area contributed by atoms with E-state index < -0.39 is 0 Å². The van der Waals surface area contributed by atoms with E-state index in [0.717, 1.165) is 35.3 Å². The molecule has 0 spiro atoms. The number of hydrogen-bond acceptors (Lipinski definition) is 13. The zero-order valence-electron chi connectivity index (χ0n) is 83.6. The molecule has 678 valence electrons. The number of nitrogens with zero attached hydrogens (tertiary/aromatic N) is 16. The molecule has 0 bridgehead atoms. The van der Waals surface area contributed by atoms with Crippen molar-refractivity contribution in [1.82, 2.24) is 55.5 Å². The van der Waals surface area contributed by atoms with Crippen LogP contribution >= 0.6 is 0 Å². The van der Waals surface area contributed by atoms with E-state index in [0.29, 0.717) is 28.1 Å². The maximum Gasteiger partial charge on any atom is 1.00 e. The minimum Gasteiger partial charge on any atom is -0.879 e. The molecule has 0 fully saturated rings. The van der Waals surface area contributed by atoms with Gasteiger partial charge in [-0.25, -0.2) is 38.7 Å². The Bertz CT molecular complexity index is 1930. The Kier molecular flexibility index (Phi) is 678. The van der Waals surface area contributed by atoms with Crippen LogP contribution in [0.1, 0.15) is 384 Å². The molecule has 0 radical (unpaired) electrons. The van der Waals surface area contributed by atoms with E-state index in [1.54, 1.807) is 86.1 Å². The fourth-order valence-corrected chi connectivity index (χ4v) is 3.08. The van der Waals surface area contributed by atoms with Gasteiger partial charge in [0.25, 0.3) is 0 Å². The molecule has 0 aliphatic carbocycles. The van der Waals surface area contributed by atoms with Crippen LogP contribution < -0.4 is 411 Å². The van der Waals surface area contributed by atoms with Crippen LogP contribution in [0.5, 0.6) is 0 Å². The van der Waals surface area contributed by atoms with Crippen molar-refractivity contribution in [3.63, 3.8) is 0 Å². The SMILES string of the molecule is C.C.C.C.C.C.C.C.CC.CC.CC.CC.CC.CC.CC.CC.CC.CC.CC.CC.CC.CC.CC.CC.CC.CC.CC.CC.CC.[CH-]=Cc1[c-]ccnc1.[CH-]=Cc1[c-]cncc1.[CH-]=Cc1[c-]cnnc1.[CH-]=Nc1[c-]ccnc1.[CH-]=Nc1[c-]cnnc1.[K+].[K+].[K+].[K+].[K+].[K+].[K+].[K+].[N-]=Cc1[c-]ccnc1.[N-]=Cc1[c-]cncc1.[N-]=Cc1[c-]cnnc1. The van der Waals surface area contributed by atoms with Crippen LogP contribution in [-0.2, 0) is 0 Å². The zero-order valence-corrected chi connectivity index (χ0v) is 109. The predicted octanol–water partition coefficient (Wildman–Crippen LogP) is 9.63. The Morgan fingerprint density at radius 3 is 0.574 bits per heavy atom. The van der Waals surface area contributed by atoms with Crippen molar-refractivity contribution in [1.29, 1.82) is 0 Å². The summed E-state index contributed by atoms with van der Waals surface area (Å²) in [5, 5.41) is 46.0. The van der Waals surface area contributed by atoms with Crippen molar-refractivity contribution < 1.29 is 411 Å². The molecule has 8 aromatic heterocycles. The number of rotatable bonds is 8. The van der Waals surface area contributed by atoms with E-state index in [-0.39, 0.29) is 470 Å². The molecule has 122 heavy (non-hydrogen) atoms. The Labute approximate surface area is 1110 Å². The molecule has 0 N–H and O–H groups in total. The first kappa shape index (κ1) is 248. The van der Waals surface area contributed by atoms with Crippen molar-refractivity contribution in [2.24, 2.45) is 9.98 Å². The third-order valence-corrected chi connectivity index (χ3v) is 5.98. The van der Waals surface area contributed by atoms with Crippen molar-refractivity contribution in [3.8, 4) is 0 Å². The smallest absolute Gasteiger partial charge is 0.879 e. The summed E-state index contributed by atoms with van der Waals surface area (Å²) >= 11 is 0. The first-order valence-corrected chi connectivity index (χ1v) is 38.5. The van der Waals surface area contributed by atoms with Gasteiger partial charge in [-0.2, -0.15) is 64.8 Å². The van der Waals surface area contributed by atoms with Gasteiger partial charge in [-0.15, -0.1) is 42.9 Å². The second-order valence-electron chi connectivity index (χ2n) is 10.2. The molecule has 0 saturated heterocycles. The van der Waals surface area contributed by atoms with E-state index in [9.17, 15) is 0 Å². The van der Waals surface area contributed by atoms with Crippen molar-refractivity contribution in [3.05, 3.63) is 247 Å². The summed E-state index contributed by atoms with van der Waals surface area (Å²) in [6, 6.07) is 30.5. The van der Waals surface area contributed by atoms with Crippen LogP contribution in [-0.4, -0.2) is 87.6 Å². The van der Waals surface area contributed by atoms with Gasteiger partial charge in [0, 0.05) is 0 Å². The second kappa shape index (κ2) is 333. The third-order valence-electron chi connectivity index (χ3n) is 5.98. The third kappa shape index (κ3) is 266. The Balaban J connectivity index is -0.0000000179. The van der Waals surface area contributed by atoms with Crippen LogP contribution in [0.15, 0.2) is 139 Å². The van der Waals surface area contributed by atoms with Gasteiger partial charge in [0.15, 0.2) is 0 Å². The summed E-state index contributed by atoms with van der Waals surface area (Å²) in [4.78, 5) is 25.4. The average molecular weight is 1910 g/mol. The van der Waals surface area contributed by atoms with Crippen LogP contribution in [0.4, 0.5) is 11.4 Å². The van der Waals surface area contributed by atoms with E-state index in [1.165, 1.54) is 61.6 Å². The van der Waals surface area contributed by atoms with Crippen LogP contribution in [0.3, 0.4) is 0 Å². The first-order chi connectivity index (χ1) is 52.5. The summed E-state index contributed by atoms with van der Waals surface area (Å²) in [5.74, 6) is 0. The van der Waals surface area contributed by atoms with Gasteiger partial charge < -0.3 is 109 Å². The van der Waals surface area contributed by atoms with Gasteiger partial charge in [-0.3, -0.25) is 45.0 Å². The van der Waals surface area contributed by atoms with Crippen molar-refractivity contribution in [2.75, 3.05) is 0 Å². The molecule has 16 nitrogen and oxygen atoms in total. The van der Waals surface area contributed by atoms with Crippen LogP contribution in [0.25, 0.3) is 34.5 Å². The minimum atomic E-state index is 0. The predicted molar refractivity (Wildman–Crippen MR) is 538 cm³/mol. The average Bonchev–Trinajstić information content (AvgIpc) is 1.07. The molecule has 8 heterocycles. The Morgan fingerprint density at radius 2 is 0.443 bits per heavy atom. The summed E-state index contributed by atoms with van der Waals surface area (Å²) in [6.07, 6.45) is 31.9. The summed E-state index contributed by atoms with van der Waals surface area (Å²) in [6.45, 7) is 109. The molecule has 0 aliphatic rings. The molecule has 0 aromatic carbocycles. The van der Waals surface area contributed by atoms with Crippen LogP contribution in [0.2, 0.25) is 0 Å². The molecule has 0 atom stereocenters. The topological polar surface area (TPSA) is 233 Å². The van der Waals surface area contributed by atoms with Gasteiger partial charge >= 0.3 is 411 Å². The first-order valence-electron chi connectivity index (χ1n) is 38.5. The van der Waals surface area contributed by atoms with Gasteiger partial charge in [-0.05, 0) is 31.0 Å². The normalized spacial score (nSPS) is 5.49. The summed E-state index contributed by atoms with van der Waals surface area (Å²) in [5.41, 5.74) is 5.35. The standard InChI is InChI=1S/2C7H5N.4C6H4N2.2C5H3N3.21C2H6.8CH4.8K/c1-2-7-3-5-8-6-4-7;1-2-7-4-3-5-8-6-7;1-7-6-3-2-4-8-5-6;7-5-6-1-3-8-4-2-6;1-2-6-3-4-7-8-5-6;7-4-6-2-1-3-8-5-6;1-6-5-2-3-7-8-4-5;6-3-5-1-2-7-8-4-5;21*1-2;;;;;;;;;;;;;;;;/h2*1-3,5-6H;1-2,4-5H;1,3-5H;1-2,4-5H;1,3-5H;1,3-4H;2-4H;21*1-2H3;8*1H4;;;;;;;;/q8*-2;;;;;;;;;;;;;;;;;;;;;;;;;;;;;;8*+1.